The molecule has 0 aromatic heterocycles. The van der Waals surface area contributed by atoms with E-state index in [4.69, 9.17) is 8.85 Å². The zero-order valence-corrected chi connectivity index (χ0v) is 14.0. The van der Waals surface area contributed by atoms with Gasteiger partial charge in [-0.2, -0.15) is 0 Å². The second kappa shape index (κ2) is 12.1. The van der Waals surface area contributed by atoms with E-state index in [9.17, 15) is 0 Å². The number of rotatable bonds is 12. The molecule has 0 saturated carbocycles. The van der Waals surface area contributed by atoms with Crippen molar-refractivity contribution in [3.63, 3.8) is 0 Å². The van der Waals surface area contributed by atoms with E-state index in [1.165, 1.54) is 45.2 Å². The van der Waals surface area contributed by atoms with Crippen LogP contribution in [0.5, 0.6) is 0 Å². The second-order valence-electron chi connectivity index (χ2n) is 4.79. The minimum absolute atomic E-state index is 0.622. The highest BCUT2D eigenvalue weighted by Gasteiger charge is 2.23. The molecule has 0 aliphatic carbocycles. The molecular formula is C14H32NO2Si. The minimum atomic E-state index is -1.07. The highest BCUT2D eigenvalue weighted by molar-refractivity contribution is 6.44. The van der Waals surface area contributed by atoms with Gasteiger partial charge in [-0.3, -0.25) is 0 Å². The quantitative estimate of drug-likeness (QED) is 0.509. The normalized spacial score (nSPS) is 13.5. The molecule has 0 N–H and O–H groups in total. The molecule has 3 nitrogen and oxygen atoms in total. The Balaban J connectivity index is 4.36. The van der Waals surface area contributed by atoms with Crippen LogP contribution in [0.3, 0.4) is 0 Å². The largest absolute Gasteiger partial charge is 0.397 e. The maximum absolute atomic E-state index is 5.44. The molecule has 0 bridgehead atoms. The summed E-state index contributed by atoms with van der Waals surface area (Å²) in [6.45, 7) is 9.24. The average molecular weight is 275 g/mol. The van der Waals surface area contributed by atoms with Gasteiger partial charge in [0.15, 0.2) is 0 Å². The van der Waals surface area contributed by atoms with E-state index < -0.39 is 9.28 Å². The van der Waals surface area contributed by atoms with Gasteiger partial charge in [-0.05, 0) is 32.4 Å². The van der Waals surface area contributed by atoms with E-state index in [1.54, 1.807) is 14.2 Å². The van der Waals surface area contributed by atoms with Crippen LogP contribution < -0.4 is 0 Å². The first-order valence-electron chi connectivity index (χ1n) is 7.41. The lowest BCUT2D eigenvalue weighted by atomic mass is 10.1. The molecule has 0 aliphatic rings. The molecule has 0 fully saturated rings. The maximum atomic E-state index is 5.44. The predicted molar refractivity (Wildman–Crippen MR) is 80.0 cm³/mol. The summed E-state index contributed by atoms with van der Waals surface area (Å²) in [6.07, 6.45) is 6.32. The zero-order chi connectivity index (χ0) is 13.8. The highest BCUT2D eigenvalue weighted by Crippen LogP contribution is 2.15. The molecule has 0 aromatic rings. The third kappa shape index (κ3) is 7.51. The molecule has 0 aromatic carbocycles. The Labute approximate surface area is 116 Å². The summed E-state index contributed by atoms with van der Waals surface area (Å²) in [5.41, 5.74) is 0. The molecule has 0 amide bonds. The van der Waals surface area contributed by atoms with Gasteiger partial charge in [0.05, 0.1) is 0 Å². The Morgan fingerprint density at radius 2 is 1.44 bits per heavy atom. The molecule has 0 saturated heterocycles. The fourth-order valence-corrected chi connectivity index (χ4v) is 3.61. The van der Waals surface area contributed by atoms with Crippen molar-refractivity contribution in [3.8, 4) is 0 Å². The van der Waals surface area contributed by atoms with E-state index >= 15 is 0 Å². The van der Waals surface area contributed by atoms with Gasteiger partial charge in [0.2, 0.25) is 0 Å². The highest BCUT2D eigenvalue weighted by atomic mass is 28.3. The first-order valence-corrected chi connectivity index (χ1v) is 8.93. The smallest absolute Gasteiger partial charge is 0.385 e. The summed E-state index contributed by atoms with van der Waals surface area (Å²) in [5.74, 6) is 0. The molecule has 1 unspecified atom stereocenters. The van der Waals surface area contributed by atoms with Gasteiger partial charge in [-0.15, -0.1) is 0 Å². The Morgan fingerprint density at radius 1 is 0.944 bits per heavy atom. The molecule has 1 radical (unpaired) electrons. The number of unbranched alkanes of at least 4 members (excludes halogenated alkanes) is 2. The lowest BCUT2D eigenvalue weighted by Gasteiger charge is -2.32. The number of hydrogen-bond donors (Lipinski definition) is 0. The van der Waals surface area contributed by atoms with Gasteiger partial charge >= 0.3 is 9.28 Å². The first-order chi connectivity index (χ1) is 8.73. The number of hydrogen-bond acceptors (Lipinski definition) is 3. The Kier molecular flexibility index (Phi) is 12.2. The molecule has 1 atom stereocenters. The Bertz CT molecular complexity index is 169. The summed E-state index contributed by atoms with van der Waals surface area (Å²) in [7, 11) is 2.47. The monoisotopic (exact) mass is 274 g/mol. The molecule has 0 heterocycles. The average Bonchev–Trinajstić information content (AvgIpc) is 2.41. The Hall–Kier alpha value is 0.0969. The summed E-state index contributed by atoms with van der Waals surface area (Å²) in [5, 5.41) is 0. The molecule has 18 heavy (non-hydrogen) atoms. The topological polar surface area (TPSA) is 21.7 Å². The van der Waals surface area contributed by atoms with E-state index in [1.807, 2.05) is 0 Å². The SMILES string of the molecule is CCCCN(CCCC)C(CC)C[Si](OC)OC. The van der Waals surface area contributed by atoms with Crippen LogP contribution in [0.4, 0.5) is 0 Å². The first kappa shape index (κ1) is 18.1. The molecule has 0 aliphatic heterocycles. The lowest BCUT2D eigenvalue weighted by Crippen LogP contribution is -2.40. The van der Waals surface area contributed by atoms with Crippen LogP contribution in [-0.4, -0.2) is 47.5 Å². The third-order valence-corrected chi connectivity index (χ3v) is 5.16. The van der Waals surface area contributed by atoms with Gasteiger partial charge < -0.3 is 13.8 Å². The molecule has 0 spiro atoms. The van der Waals surface area contributed by atoms with Crippen molar-refractivity contribution in [1.82, 2.24) is 4.90 Å². The minimum Gasteiger partial charge on any atom is -0.397 e. The van der Waals surface area contributed by atoms with Crippen LogP contribution in [0.25, 0.3) is 0 Å². The van der Waals surface area contributed by atoms with Crippen molar-refractivity contribution in [2.24, 2.45) is 0 Å². The van der Waals surface area contributed by atoms with Crippen LogP contribution in [0.15, 0.2) is 0 Å². The van der Waals surface area contributed by atoms with E-state index in [2.05, 4.69) is 25.7 Å². The van der Waals surface area contributed by atoms with Crippen molar-refractivity contribution >= 4 is 9.28 Å². The Morgan fingerprint density at radius 3 is 1.78 bits per heavy atom. The van der Waals surface area contributed by atoms with Gasteiger partial charge in [-0.1, -0.05) is 33.6 Å². The van der Waals surface area contributed by atoms with Crippen molar-refractivity contribution < 1.29 is 8.85 Å². The van der Waals surface area contributed by atoms with Crippen LogP contribution in [0.2, 0.25) is 6.04 Å². The summed E-state index contributed by atoms with van der Waals surface area (Å²) >= 11 is 0. The van der Waals surface area contributed by atoms with Crippen LogP contribution in [0.1, 0.15) is 52.9 Å². The maximum Gasteiger partial charge on any atom is 0.385 e. The van der Waals surface area contributed by atoms with E-state index in [0.29, 0.717) is 6.04 Å². The fraction of sp³-hybridized carbons (Fsp3) is 1.00. The molecule has 109 valence electrons. The van der Waals surface area contributed by atoms with Gasteiger partial charge in [0, 0.05) is 26.3 Å². The molecule has 4 heteroatoms. The summed E-state index contributed by atoms with van der Waals surface area (Å²) in [6, 6.07) is 1.69. The summed E-state index contributed by atoms with van der Waals surface area (Å²) in [4.78, 5) is 2.65. The van der Waals surface area contributed by atoms with E-state index in [0.717, 1.165) is 6.04 Å². The standard InChI is InChI=1S/C14H32NO2Si/c1-6-9-11-15(12-10-7-2)14(8-3)13-18(16-4)17-5/h14H,6-13H2,1-5H3. The van der Waals surface area contributed by atoms with Gasteiger partial charge in [-0.25, -0.2) is 0 Å². The third-order valence-electron chi connectivity index (χ3n) is 3.44. The predicted octanol–water partition coefficient (Wildman–Crippen LogP) is 3.45. The zero-order valence-electron chi connectivity index (χ0n) is 13.0. The van der Waals surface area contributed by atoms with Crippen molar-refractivity contribution in [2.45, 2.75) is 65.0 Å². The van der Waals surface area contributed by atoms with Crippen molar-refractivity contribution in [2.75, 3.05) is 27.3 Å². The lowest BCUT2D eigenvalue weighted by molar-refractivity contribution is 0.182. The van der Waals surface area contributed by atoms with Crippen LogP contribution >= 0.6 is 0 Å². The van der Waals surface area contributed by atoms with Crippen LogP contribution in [-0.2, 0) is 8.85 Å². The molecular weight excluding hydrogens is 242 g/mol. The van der Waals surface area contributed by atoms with Crippen LogP contribution in [0, 0.1) is 0 Å². The van der Waals surface area contributed by atoms with Crippen molar-refractivity contribution in [3.05, 3.63) is 0 Å². The molecule has 0 rings (SSSR count). The van der Waals surface area contributed by atoms with Crippen molar-refractivity contribution in [1.29, 1.82) is 0 Å². The number of nitrogens with zero attached hydrogens (tertiary/aromatic N) is 1. The van der Waals surface area contributed by atoms with Gasteiger partial charge in [0.1, 0.15) is 0 Å². The fourth-order valence-electron chi connectivity index (χ4n) is 2.17. The van der Waals surface area contributed by atoms with Gasteiger partial charge in [0.25, 0.3) is 0 Å². The summed E-state index contributed by atoms with van der Waals surface area (Å²) < 4.78 is 10.9. The second-order valence-corrected chi connectivity index (χ2v) is 6.76. The van der Waals surface area contributed by atoms with E-state index in [-0.39, 0.29) is 0 Å².